The number of carbonyl (C=O) groups excluding carboxylic acids is 1. The fourth-order valence-corrected chi connectivity index (χ4v) is 2.50. The van der Waals surface area contributed by atoms with Gasteiger partial charge in [-0.2, -0.15) is 0 Å². The number of carboxylic acids is 1. The fraction of sp³-hybridized carbons (Fsp3) is 0.467. The van der Waals surface area contributed by atoms with Crippen molar-refractivity contribution >= 4 is 11.9 Å². The Balaban J connectivity index is 2.10. The number of aliphatic carboxylic acids is 1. The van der Waals surface area contributed by atoms with Crippen molar-refractivity contribution in [3.8, 4) is 0 Å². The Morgan fingerprint density at radius 1 is 1.20 bits per heavy atom. The molecular formula is C15H19NO4. The Morgan fingerprint density at radius 3 is 2.55 bits per heavy atom. The first-order valence-corrected chi connectivity index (χ1v) is 6.88. The average molecular weight is 277 g/mol. The molecule has 0 bridgehead atoms. The van der Waals surface area contributed by atoms with Crippen molar-refractivity contribution in [1.29, 1.82) is 0 Å². The normalized spacial score (nSPS) is 15.2. The number of aryl methyl sites for hydroxylation is 2. The number of fused-ring (bicyclic) bond motifs is 1. The summed E-state index contributed by atoms with van der Waals surface area (Å²) in [6.45, 7) is -0.276. The van der Waals surface area contributed by atoms with Crippen LogP contribution in [0.2, 0.25) is 0 Å². The van der Waals surface area contributed by atoms with Crippen molar-refractivity contribution in [3.05, 3.63) is 34.9 Å². The third kappa shape index (κ3) is 3.36. The maximum Gasteiger partial charge on any atom is 0.326 e. The molecule has 1 aromatic carbocycles. The van der Waals surface area contributed by atoms with Crippen molar-refractivity contribution in [3.63, 3.8) is 0 Å². The minimum atomic E-state index is -1.13. The Bertz CT molecular complexity index is 513. The van der Waals surface area contributed by atoms with Crippen molar-refractivity contribution in [2.45, 2.75) is 38.1 Å². The second-order valence-electron chi connectivity index (χ2n) is 5.07. The molecule has 2 rings (SSSR count). The molecule has 0 aromatic heterocycles. The standard InChI is InChI=1S/C15H19NO4/c17-8-7-13(15(19)20)16-14(18)12-6-5-10-3-1-2-4-11(10)9-12/h5-6,9,13,17H,1-4,7-8H2,(H,16,18)(H,19,20)/t13-/m0/s1. The van der Waals surface area contributed by atoms with Gasteiger partial charge in [0.1, 0.15) is 6.04 Å². The molecule has 20 heavy (non-hydrogen) atoms. The highest BCUT2D eigenvalue weighted by atomic mass is 16.4. The molecule has 0 fully saturated rings. The van der Waals surface area contributed by atoms with Crippen molar-refractivity contribution in [2.75, 3.05) is 6.61 Å². The van der Waals surface area contributed by atoms with Gasteiger partial charge in [0.2, 0.25) is 0 Å². The van der Waals surface area contributed by atoms with Crippen LogP contribution in [-0.4, -0.2) is 34.7 Å². The summed E-state index contributed by atoms with van der Waals surface area (Å²) in [5.74, 6) is -1.54. The Kier molecular flexibility index (Phi) is 4.74. The highest BCUT2D eigenvalue weighted by Gasteiger charge is 2.20. The molecule has 0 radical (unpaired) electrons. The number of rotatable bonds is 5. The van der Waals surface area contributed by atoms with Crippen LogP contribution in [0, 0.1) is 0 Å². The number of hydrogen-bond acceptors (Lipinski definition) is 3. The molecule has 1 aliphatic carbocycles. The zero-order chi connectivity index (χ0) is 14.5. The second-order valence-corrected chi connectivity index (χ2v) is 5.07. The van der Waals surface area contributed by atoms with Crippen LogP contribution in [-0.2, 0) is 17.6 Å². The number of nitrogens with one attached hydrogen (secondary N) is 1. The summed E-state index contributed by atoms with van der Waals surface area (Å²) in [6, 6.07) is 4.48. The lowest BCUT2D eigenvalue weighted by Crippen LogP contribution is -2.41. The lowest BCUT2D eigenvalue weighted by molar-refractivity contribution is -0.139. The number of benzene rings is 1. The maximum absolute atomic E-state index is 12.1. The van der Waals surface area contributed by atoms with E-state index in [0.717, 1.165) is 19.3 Å². The second kappa shape index (κ2) is 6.52. The van der Waals surface area contributed by atoms with Crippen LogP contribution in [0.3, 0.4) is 0 Å². The quantitative estimate of drug-likeness (QED) is 0.753. The Hall–Kier alpha value is -1.88. The van der Waals surface area contributed by atoms with E-state index in [1.807, 2.05) is 12.1 Å². The third-order valence-electron chi connectivity index (χ3n) is 3.63. The van der Waals surface area contributed by atoms with Crippen LogP contribution >= 0.6 is 0 Å². The number of aliphatic hydroxyl groups is 1. The molecule has 0 unspecified atom stereocenters. The van der Waals surface area contributed by atoms with Gasteiger partial charge in [-0.05, 0) is 48.9 Å². The first-order chi connectivity index (χ1) is 9.61. The average Bonchev–Trinajstić information content (AvgIpc) is 2.46. The highest BCUT2D eigenvalue weighted by molar-refractivity contribution is 5.96. The van der Waals surface area contributed by atoms with Gasteiger partial charge in [0.05, 0.1) is 0 Å². The number of amides is 1. The molecule has 0 saturated carbocycles. The minimum Gasteiger partial charge on any atom is -0.480 e. The van der Waals surface area contributed by atoms with Gasteiger partial charge in [-0.1, -0.05) is 6.07 Å². The van der Waals surface area contributed by atoms with E-state index >= 15 is 0 Å². The molecule has 1 aliphatic rings. The molecule has 5 heteroatoms. The fourth-order valence-electron chi connectivity index (χ4n) is 2.50. The summed E-state index contributed by atoms with van der Waals surface area (Å²) in [4.78, 5) is 23.0. The van der Waals surface area contributed by atoms with Gasteiger partial charge in [-0.15, -0.1) is 0 Å². The summed E-state index contributed by atoms with van der Waals surface area (Å²) in [5.41, 5.74) is 2.94. The van der Waals surface area contributed by atoms with Gasteiger partial charge in [0, 0.05) is 18.6 Å². The first-order valence-electron chi connectivity index (χ1n) is 6.88. The lowest BCUT2D eigenvalue weighted by atomic mass is 9.90. The van der Waals surface area contributed by atoms with Gasteiger partial charge >= 0.3 is 5.97 Å². The van der Waals surface area contributed by atoms with E-state index in [1.54, 1.807) is 6.07 Å². The topological polar surface area (TPSA) is 86.6 Å². The van der Waals surface area contributed by atoms with Crippen LogP contribution < -0.4 is 5.32 Å². The molecule has 0 aliphatic heterocycles. The lowest BCUT2D eigenvalue weighted by Gasteiger charge is -2.17. The van der Waals surface area contributed by atoms with Gasteiger partial charge in [0.15, 0.2) is 0 Å². The monoisotopic (exact) mass is 277 g/mol. The zero-order valence-electron chi connectivity index (χ0n) is 11.3. The largest absolute Gasteiger partial charge is 0.480 e. The summed E-state index contributed by atoms with van der Waals surface area (Å²) in [6.07, 6.45) is 4.32. The molecule has 0 saturated heterocycles. The molecule has 3 N–H and O–H groups in total. The third-order valence-corrected chi connectivity index (χ3v) is 3.63. The molecule has 0 spiro atoms. The number of aliphatic hydroxyl groups excluding tert-OH is 1. The summed E-state index contributed by atoms with van der Waals surface area (Å²) < 4.78 is 0. The van der Waals surface area contributed by atoms with Gasteiger partial charge in [-0.3, -0.25) is 4.79 Å². The van der Waals surface area contributed by atoms with Crippen LogP contribution in [0.1, 0.15) is 40.7 Å². The van der Waals surface area contributed by atoms with Gasteiger partial charge in [-0.25, -0.2) is 4.79 Å². The van der Waals surface area contributed by atoms with Crippen molar-refractivity contribution in [2.24, 2.45) is 0 Å². The van der Waals surface area contributed by atoms with Crippen molar-refractivity contribution < 1.29 is 19.8 Å². The predicted octanol–water partition coefficient (Wildman–Crippen LogP) is 1.13. The molecule has 5 nitrogen and oxygen atoms in total. The Labute approximate surface area is 117 Å². The van der Waals surface area contributed by atoms with E-state index in [4.69, 9.17) is 10.2 Å². The minimum absolute atomic E-state index is 0.00597. The molecule has 108 valence electrons. The smallest absolute Gasteiger partial charge is 0.326 e. The molecule has 1 aromatic rings. The first kappa shape index (κ1) is 14.5. The van der Waals surface area contributed by atoms with E-state index in [-0.39, 0.29) is 13.0 Å². The predicted molar refractivity (Wildman–Crippen MR) is 73.7 cm³/mol. The van der Waals surface area contributed by atoms with E-state index in [9.17, 15) is 9.59 Å². The summed E-state index contributed by atoms with van der Waals surface area (Å²) in [5, 5.41) is 20.2. The molecule has 1 atom stereocenters. The van der Waals surface area contributed by atoms with E-state index < -0.39 is 17.9 Å². The van der Waals surface area contributed by atoms with Crippen LogP contribution in [0.5, 0.6) is 0 Å². The number of hydrogen-bond donors (Lipinski definition) is 3. The van der Waals surface area contributed by atoms with E-state index in [1.165, 1.54) is 17.5 Å². The summed E-state index contributed by atoms with van der Waals surface area (Å²) in [7, 11) is 0. The van der Waals surface area contributed by atoms with Crippen LogP contribution in [0.25, 0.3) is 0 Å². The zero-order valence-corrected chi connectivity index (χ0v) is 11.3. The molecule has 1 amide bonds. The van der Waals surface area contributed by atoms with Gasteiger partial charge < -0.3 is 15.5 Å². The molecular weight excluding hydrogens is 258 g/mol. The van der Waals surface area contributed by atoms with E-state index in [0.29, 0.717) is 5.56 Å². The highest BCUT2D eigenvalue weighted by Crippen LogP contribution is 2.22. The van der Waals surface area contributed by atoms with E-state index in [2.05, 4.69) is 5.32 Å². The Morgan fingerprint density at radius 2 is 1.90 bits per heavy atom. The number of carbonyl (C=O) groups is 2. The SMILES string of the molecule is O=C(N[C@@H](CCO)C(=O)O)c1ccc2c(c1)CCCC2. The number of carboxylic acid groups (broad SMARTS) is 1. The summed E-state index contributed by atoms with van der Waals surface area (Å²) >= 11 is 0. The maximum atomic E-state index is 12.1. The molecule has 0 heterocycles. The van der Waals surface area contributed by atoms with Gasteiger partial charge in [0.25, 0.3) is 5.91 Å². The van der Waals surface area contributed by atoms with Crippen molar-refractivity contribution in [1.82, 2.24) is 5.32 Å². The van der Waals surface area contributed by atoms with Crippen LogP contribution in [0.4, 0.5) is 0 Å². The van der Waals surface area contributed by atoms with Crippen LogP contribution in [0.15, 0.2) is 18.2 Å².